The fourth-order valence-electron chi connectivity index (χ4n) is 1.75. The van der Waals surface area contributed by atoms with Gasteiger partial charge in [-0.2, -0.15) is 10.1 Å². The first kappa shape index (κ1) is 15.7. The van der Waals surface area contributed by atoms with E-state index in [1.165, 1.54) is 30.5 Å². The molecule has 0 aliphatic carbocycles. The summed E-state index contributed by atoms with van der Waals surface area (Å²) in [6.07, 6.45) is 3.30. The lowest BCUT2D eigenvalue weighted by molar-refractivity contribution is 0.254. The molecule has 0 saturated carbocycles. The van der Waals surface area contributed by atoms with E-state index in [-0.39, 0.29) is 4.90 Å². The number of primary sulfonamides is 1. The Morgan fingerprint density at radius 1 is 1.27 bits per heavy atom. The number of carbonyl (C=O) groups is 1. The van der Waals surface area contributed by atoms with Gasteiger partial charge < -0.3 is 10.3 Å². The number of anilines is 1. The number of carbonyl (C=O) groups excluding carboxylic acids is 1. The second-order valence-electron chi connectivity index (χ2n) is 4.48. The molecule has 0 atom stereocenters. The summed E-state index contributed by atoms with van der Waals surface area (Å²) in [5.41, 5.74) is 6.39. The molecule has 1 heterocycles. The van der Waals surface area contributed by atoms with Gasteiger partial charge in [0.1, 0.15) is 0 Å². The number of hydrogen-bond donors (Lipinski definition) is 2. The molecular weight excluding hydrogens is 306 g/mol. The molecule has 9 heteroatoms. The van der Waals surface area contributed by atoms with Gasteiger partial charge in [0.2, 0.25) is 10.0 Å². The van der Waals surface area contributed by atoms with Crippen molar-refractivity contribution in [1.82, 2.24) is 4.57 Å². The standard InChI is InChI=1S/C13H15N5O3S/c1-17-8-2-3-11(17)9-16-18(13(14)19)10-4-6-12(7-5-10)22(15,20)21/h2-9H,1H3,(H2,14,19)(H2,15,20,21)/b16-9-. The van der Waals surface area contributed by atoms with Gasteiger partial charge in [0.15, 0.2) is 0 Å². The summed E-state index contributed by atoms with van der Waals surface area (Å²) in [4.78, 5) is 11.4. The molecule has 2 aromatic rings. The van der Waals surface area contributed by atoms with Crippen LogP contribution in [0.4, 0.5) is 10.5 Å². The molecule has 0 radical (unpaired) electrons. The number of amides is 2. The summed E-state index contributed by atoms with van der Waals surface area (Å²) < 4.78 is 24.2. The molecule has 1 aromatic heterocycles. The zero-order chi connectivity index (χ0) is 16.3. The van der Waals surface area contributed by atoms with Crippen molar-refractivity contribution in [3.8, 4) is 0 Å². The van der Waals surface area contributed by atoms with Gasteiger partial charge in [0.05, 0.1) is 22.5 Å². The zero-order valence-corrected chi connectivity index (χ0v) is 12.6. The van der Waals surface area contributed by atoms with Gasteiger partial charge in [-0.3, -0.25) is 0 Å². The number of nitrogens with two attached hydrogens (primary N) is 2. The topological polar surface area (TPSA) is 124 Å². The Bertz CT molecular complexity index is 808. The molecular formula is C13H15N5O3S. The van der Waals surface area contributed by atoms with Crippen molar-refractivity contribution < 1.29 is 13.2 Å². The lowest BCUT2D eigenvalue weighted by atomic mass is 10.3. The van der Waals surface area contributed by atoms with Crippen LogP contribution in [0.5, 0.6) is 0 Å². The largest absolute Gasteiger partial charge is 0.350 e. The Labute approximate surface area is 127 Å². The molecule has 0 aliphatic heterocycles. The molecule has 0 unspecified atom stereocenters. The number of aromatic nitrogens is 1. The van der Waals surface area contributed by atoms with Crippen molar-refractivity contribution in [3.05, 3.63) is 48.3 Å². The van der Waals surface area contributed by atoms with E-state index in [1.807, 2.05) is 29.9 Å². The first-order valence-electron chi connectivity index (χ1n) is 6.17. The van der Waals surface area contributed by atoms with E-state index >= 15 is 0 Å². The van der Waals surface area contributed by atoms with Gasteiger partial charge in [-0.25, -0.2) is 18.4 Å². The molecule has 0 bridgehead atoms. The molecule has 4 N–H and O–H groups in total. The number of benzene rings is 1. The Balaban J connectivity index is 2.31. The normalized spacial score (nSPS) is 11.7. The van der Waals surface area contributed by atoms with E-state index in [2.05, 4.69) is 5.10 Å². The number of nitrogens with zero attached hydrogens (tertiary/aromatic N) is 3. The van der Waals surface area contributed by atoms with Crippen LogP contribution in [0, 0.1) is 0 Å². The van der Waals surface area contributed by atoms with Gasteiger partial charge in [-0.05, 0) is 36.4 Å². The van der Waals surface area contributed by atoms with Crippen LogP contribution in [0.25, 0.3) is 0 Å². The number of primary amides is 1. The number of sulfonamides is 1. The van der Waals surface area contributed by atoms with Crippen molar-refractivity contribution in [3.63, 3.8) is 0 Å². The van der Waals surface area contributed by atoms with Gasteiger partial charge in [-0.15, -0.1) is 0 Å². The molecule has 1 aromatic carbocycles. The van der Waals surface area contributed by atoms with Gasteiger partial charge in [0.25, 0.3) is 0 Å². The van der Waals surface area contributed by atoms with Gasteiger partial charge in [0, 0.05) is 13.2 Å². The van der Waals surface area contributed by atoms with E-state index in [1.54, 1.807) is 0 Å². The van der Waals surface area contributed by atoms with Crippen LogP contribution in [-0.2, 0) is 17.1 Å². The summed E-state index contributed by atoms with van der Waals surface area (Å²) >= 11 is 0. The van der Waals surface area contributed by atoms with Crippen LogP contribution in [0.2, 0.25) is 0 Å². The first-order chi connectivity index (χ1) is 10.3. The monoisotopic (exact) mass is 321 g/mol. The van der Waals surface area contributed by atoms with Crippen LogP contribution in [0.1, 0.15) is 5.69 Å². The van der Waals surface area contributed by atoms with Crippen LogP contribution < -0.4 is 15.9 Å². The van der Waals surface area contributed by atoms with Gasteiger partial charge >= 0.3 is 6.03 Å². The highest BCUT2D eigenvalue weighted by Gasteiger charge is 2.13. The summed E-state index contributed by atoms with van der Waals surface area (Å²) in [7, 11) is -1.97. The highest BCUT2D eigenvalue weighted by Crippen LogP contribution is 2.17. The van der Waals surface area contributed by atoms with E-state index in [0.29, 0.717) is 5.69 Å². The summed E-state index contributed by atoms with van der Waals surface area (Å²) in [5.74, 6) is 0. The van der Waals surface area contributed by atoms with Crippen molar-refractivity contribution in [2.75, 3.05) is 5.01 Å². The van der Waals surface area contributed by atoms with E-state index in [4.69, 9.17) is 10.9 Å². The maximum Gasteiger partial charge on any atom is 0.340 e. The van der Waals surface area contributed by atoms with Crippen LogP contribution in [-0.4, -0.2) is 25.2 Å². The summed E-state index contributed by atoms with van der Waals surface area (Å²) in [6.45, 7) is 0. The molecule has 8 nitrogen and oxygen atoms in total. The minimum atomic E-state index is -3.80. The lowest BCUT2D eigenvalue weighted by Crippen LogP contribution is -2.31. The second kappa shape index (κ2) is 6.00. The summed E-state index contributed by atoms with van der Waals surface area (Å²) in [5, 5.41) is 10.00. The highest BCUT2D eigenvalue weighted by atomic mass is 32.2. The number of rotatable bonds is 4. The van der Waals surface area contributed by atoms with Crippen molar-refractivity contribution >= 4 is 28.0 Å². The Kier molecular flexibility index (Phi) is 4.29. The molecule has 0 fully saturated rings. The molecule has 2 rings (SSSR count). The molecule has 2 amide bonds. The fraction of sp³-hybridized carbons (Fsp3) is 0.0769. The Hall–Kier alpha value is -2.65. The lowest BCUT2D eigenvalue weighted by Gasteiger charge is -2.14. The fourth-order valence-corrected chi connectivity index (χ4v) is 2.27. The predicted octanol–water partition coefficient (Wildman–Crippen LogP) is 0.592. The van der Waals surface area contributed by atoms with Crippen LogP contribution in [0.15, 0.2) is 52.6 Å². The number of hydrazone groups is 1. The van der Waals surface area contributed by atoms with E-state index < -0.39 is 16.1 Å². The van der Waals surface area contributed by atoms with Crippen molar-refractivity contribution in [2.24, 2.45) is 23.0 Å². The third kappa shape index (κ3) is 3.51. The molecule has 22 heavy (non-hydrogen) atoms. The minimum Gasteiger partial charge on any atom is -0.350 e. The van der Waals surface area contributed by atoms with Crippen LogP contribution in [0.3, 0.4) is 0 Å². The Morgan fingerprint density at radius 3 is 2.36 bits per heavy atom. The summed E-state index contributed by atoms with van der Waals surface area (Å²) in [6, 6.07) is 8.19. The third-order valence-electron chi connectivity index (χ3n) is 2.91. The van der Waals surface area contributed by atoms with Crippen molar-refractivity contribution in [2.45, 2.75) is 4.90 Å². The van der Waals surface area contributed by atoms with Crippen LogP contribution >= 0.6 is 0 Å². The predicted molar refractivity (Wildman–Crippen MR) is 82.9 cm³/mol. The molecule has 0 spiro atoms. The zero-order valence-electron chi connectivity index (χ0n) is 11.7. The SMILES string of the molecule is Cn1cccc1/C=N\N(C(N)=O)c1ccc(S(N)(=O)=O)cc1. The van der Waals surface area contributed by atoms with E-state index in [0.717, 1.165) is 10.7 Å². The number of hydrogen-bond acceptors (Lipinski definition) is 4. The quantitative estimate of drug-likeness (QED) is 0.632. The maximum atomic E-state index is 11.5. The first-order valence-corrected chi connectivity index (χ1v) is 7.71. The highest BCUT2D eigenvalue weighted by molar-refractivity contribution is 7.89. The Morgan fingerprint density at radius 2 is 1.91 bits per heavy atom. The van der Waals surface area contributed by atoms with E-state index in [9.17, 15) is 13.2 Å². The molecule has 116 valence electrons. The number of urea groups is 1. The average molecular weight is 321 g/mol. The van der Waals surface area contributed by atoms with Crippen molar-refractivity contribution in [1.29, 1.82) is 0 Å². The minimum absolute atomic E-state index is 0.0629. The molecule has 0 saturated heterocycles. The molecule has 0 aliphatic rings. The number of aryl methyl sites for hydroxylation is 1. The second-order valence-corrected chi connectivity index (χ2v) is 6.04. The maximum absolute atomic E-state index is 11.5. The smallest absolute Gasteiger partial charge is 0.340 e. The van der Waals surface area contributed by atoms with Gasteiger partial charge in [-0.1, -0.05) is 0 Å². The average Bonchev–Trinajstić information content (AvgIpc) is 2.84. The third-order valence-corrected chi connectivity index (χ3v) is 3.84.